The molecule has 25 heavy (non-hydrogen) atoms. The Kier molecular flexibility index (Phi) is 9.18. The van der Waals surface area contributed by atoms with Gasteiger partial charge in [0.05, 0.1) is 12.2 Å². The van der Waals surface area contributed by atoms with Gasteiger partial charge in [0.1, 0.15) is 0 Å². The Balaban J connectivity index is 1.71. The molecular formula is C21H40O4. The zero-order valence-electron chi connectivity index (χ0n) is 16.4. The molecule has 2 N–H and O–H groups in total. The average Bonchev–Trinajstić information content (AvgIpc) is 2.63. The Labute approximate surface area is 154 Å². The van der Waals surface area contributed by atoms with E-state index in [1.165, 1.54) is 51.4 Å². The second-order valence-corrected chi connectivity index (χ2v) is 8.66. The zero-order valence-corrected chi connectivity index (χ0v) is 16.4. The van der Waals surface area contributed by atoms with E-state index >= 15 is 0 Å². The number of hydrogen-bond acceptors (Lipinski definition) is 4. The Bertz CT molecular complexity index is 310. The van der Waals surface area contributed by atoms with Crippen LogP contribution in [0, 0.1) is 17.3 Å². The molecule has 0 aliphatic heterocycles. The van der Waals surface area contributed by atoms with E-state index < -0.39 is 0 Å². The summed E-state index contributed by atoms with van der Waals surface area (Å²) >= 11 is 0. The molecule has 0 radical (unpaired) electrons. The van der Waals surface area contributed by atoms with Crippen LogP contribution in [0.25, 0.3) is 0 Å². The van der Waals surface area contributed by atoms with Crippen molar-refractivity contribution in [1.29, 1.82) is 0 Å². The maximum atomic E-state index is 8.87. The number of aliphatic hydroxyl groups is 2. The highest BCUT2D eigenvalue weighted by Crippen LogP contribution is 2.48. The number of aliphatic hydroxyl groups excluding tert-OH is 2. The maximum absolute atomic E-state index is 8.87. The molecule has 2 aliphatic carbocycles. The Morgan fingerprint density at radius 3 is 1.36 bits per heavy atom. The largest absolute Gasteiger partial charge is 0.396 e. The van der Waals surface area contributed by atoms with Crippen LogP contribution in [0.15, 0.2) is 0 Å². The second kappa shape index (κ2) is 10.9. The van der Waals surface area contributed by atoms with Crippen molar-refractivity contribution < 1.29 is 19.7 Å². The summed E-state index contributed by atoms with van der Waals surface area (Å²) in [6.45, 7) is 6.85. The first-order valence-electron chi connectivity index (χ1n) is 10.5. The molecule has 148 valence electrons. The van der Waals surface area contributed by atoms with Gasteiger partial charge >= 0.3 is 0 Å². The van der Waals surface area contributed by atoms with Gasteiger partial charge in [-0.2, -0.15) is 0 Å². The molecule has 4 heteroatoms. The first kappa shape index (κ1) is 21.1. The minimum atomic E-state index is 0.231. The van der Waals surface area contributed by atoms with Crippen molar-refractivity contribution >= 4 is 0 Å². The standard InChI is InChI=1S/C21H40O4/c1-21(2,17-5-9-19(10-6-17)24-15-3-13-22)18-7-11-20(12-8-18)25-16-4-14-23/h17-20,22-23H,3-16H2,1-2H3. The molecule has 0 heterocycles. The summed E-state index contributed by atoms with van der Waals surface area (Å²) in [6.07, 6.45) is 12.2. The molecule has 4 nitrogen and oxygen atoms in total. The summed E-state index contributed by atoms with van der Waals surface area (Å²) in [5.41, 5.74) is 0.409. The van der Waals surface area contributed by atoms with Gasteiger partial charge in [0.25, 0.3) is 0 Å². The predicted octanol–water partition coefficient (Wildman–Crippen LogP) is 3.93. The second-order valence-electron chi connectivity index (χ2n) is 8.66. The van der Waals surface area contributed by atoms with Crippen molar-refractivity contribution in [2.24, 2.45) is 17.3 Å². The van der Waals surface area contributed by atoms with Gasteiger partial charge in [0.15, 0.2) is 0 Å². The van der Waals surface area contributed by atoms with Crippen molar-refractivity contribution in [2.75, 3.05) is 26.4 Å². The van der Waals surface area contributed by atoms with E-state index in [9.17, 15) is 0 Å². The van der Waals surface area contributed by atoms with Crippen molar-refractivity contribution in [1.82, 2.24) is 0 Å². The lowest BCUT2D eigenvalue weighted by molar-refractivity contribution is -0.0376. The van der Waals surface area contributed by atoms with Gasteiger partial charge in [-0.1, -0.05) is 13.8 Å². The third kappa shape index (κ3) is 6.50. The molecular weight excluding hydrogens is 316 g/mol. The molecule has 0 aromatic rings. The van der Waals surface area contributed by atoms with Crippen LogP contribution < -0.4 is 0 Å². The lowest BCUT2D eigenvalue weighted by Gasteiger charge is -2.46. The molecule has 0 aromatic heterocycles. The minimum absolute atomic E-state index is 0.231. The summed E-state index contributed by atoms with van der Waals surface area (Å²) in [5.74, 6) is 1.61. The van der Waals surface area contributed by atoms with E-state index in [4.69, 9.17) is 19.7 Å². The monoisotopic (exact) mass is 356 g/mol. The summed E-state index contributed by atoms with van der Waals surface area (Å²) < 4.78 is 11.8. The zero-order chi connectivity index (χ0) is 18.1. The van der Waals surface area contributed by atoms with E-state index in [1.807, 2.05) is 0 Å². The third-order valence-corrected chi connectivity index (χ3v) is 6.76. The summed E-state index contributed by atoms with van der Waals surface area (Å²) in [4.78, 5) is 0. The van der Waals surface area contributed by atoms with Gasteiger partial charge in [0, 0.05) is 26.4 Å². The quantitative estimate of drug-likeness (QED) is 0.582. The highest BCUT2D eigenvalue weighted by Gasteiger charge is 2.40. The van der Waals surface area contributed by atoms with Crippen LogP contribution in [-0.2, 0) is 9.47 Å². The van der Waals surface area contributed by atoms with Crippen LogP contribution in [-0.4, -0.2) is 48.8 Å². The number of hydrogen-bond donors (Lipinski definition) is 2. The molecule has 0 spiro atoms. The fraction of sp³-hybridized carbons (Fsp3) is 1.00. The molecule has 2 saturated carbocycles. The molecule has 2 rings (SSSR count). The summed E-state index contributed by atoms with van der Waals surface area (Å²) in [7, 11) is 0. The minimum Gasteiger partial charge on any atom is -0.396 e. The van der Waals surface area contributed by atoms with Gasteiger partial charge in [-0.3, -0.25) is 0 Å². The van der Waals surface area contributed by atoms with Crippen LogP contribution in [0.1, 0.15) is 78.1 Å². The third-order valence-electron chi connectivity index (χ3n) is 6.76. The van der Waals surface area contributed by atoms with Gasteiger partial charge < -0.3 is 19.7 Å². The maximum Gasteiger partial charge on any atom is 0.0575 e. The average molecular weight is 357 g/mol. The molecule has 0 aromatic carbocycles. The van der Waals surface area contributed by atoms with Crippen LogP contribution in [0.4, 0.5) is 0 Å². The van der Waals surface area contributed by atoms with Crippen molar-refractivity contribution in [2.45, 2.75) is 90.3 Å². The molecule has 0 atom stereocenters. The van der Waals surface area contributed by atoms with Gasteiger partial charge in [-0.25, -0.2) is 0 Å². The van der Waals surface area contributed by atoms with Crippen LogP contribution in [0.3, 0.4) is 0 Å². The molecule has 0 saturated heterocycles. The fourth-order valence-electron chi connectivity index (χ4n) is 4.91. The van der Waals surface area contributed by atoms with E-state index in [-0.39, 0.29) is 13.2 Å². The highest BCUT2D eigenvalue weighted by molar-refractivity contribution is 4.91. The van der Waals surface area contributed by atoms with E-state index in [2.05, 4.69) is 13.8 Å². The molecule has 0 bridgehead atoms. The number of ether oxygens (including phenoxy) is 2. The fourth-order valence-corrected chi connectivity index (χ4v) is 4.91. The van der Waals surface area contributed by atoms with Crippen LogP contribution in [0.2, 0.25) is 0 Å². The lowest BCUT2D eigenvalue weighted by atomic mass is 9.60. The Hall–Kier alpha value is -0.160. The molecule has 2 aliphatic rings. The number of rotatable bonds is 10. The van der Waals surface area contributed by atoms with E-state index in [0.29, 0.717) is 30.8 Å². The highest BCUT2D eigenvalue weighted by atomic mass is 16.5. The van der Waals surface area contributed by atoms with Crippen molar-refractivity contribution in [3.63, 3.8) is 0 Å². The Morgan fingerprint density at radius 1 is 0.680 bits per heavy atom. The van der Waals surface area contributed by atoms with Gasteiger partial charge in [-0.05, 0) is 81.5 Å². The van der Waals surface area contributed by atoms with E-state index in [0.717, 1.165) is 24.7 Å². The topological polar surface area (TPSA) is 58.9 Å². The summed E-state index contributed by atoms with van der Waals surface area (Å²) in [6, 6.07) is 0. The van der Waals surface area contributed by atoms with Crippen molar-refractivity contribution in [3.05, 3.63) is 0 Å². The first-order valence-corrected chi connectivity index (χ1v) is 10.5. The van der Waals surface area contributed by atoms with E-state index in [1.54, 1.807) is 0 Å². The smallest absolute Gasteiger partial charge is 0.0575 e. The molecule has 0 unspecified atom stereocenters. The van der Waals surface area contributed by atoms with Crippen LogP contribution in [0.5, 0.6) is 0 Å². The van der Waals surface area contributed by atoms with Crippen LogP contribution >= 0.6 is 0 Å². The predicted molar refractivity (Wildman–Crippen MR) is 101 cm³/mol. The SMILES string of the molecule is CC(C)(C1CCC(OCCCO)CC1)C1CCC(OCCCO)CC1. The molecule has 2 fully saturated rings. The normalized spacial score (nSPS) is 31.2. The van der Waals surface area contributed by atoms with Gasteiger partial charge in [0.2, 0.25) is 0 Å². The summed E-state index contributed by atoms with van der Waals surface area (Å²) in [5, 5.41) is 17.7. The van der Waals surface area contributed by atoms with Crippen molar-refractivity contribution in [3.8, 4) is 0 Å². The lowest BCUT2D eigenvalue weighted by Crippen LogP contribution is -2.39. The Morgan fingerprint density at radius 2 is 1.04 bits per heavy atom. The van der Waals surface area contributed by atoms with Gasteiger partial charge in [-0.15, -0.1) is 0 Å². The molecule has 0 amide bonds. The first-order chi connectivity index (χ1) is 12.1.